The van der Waals surface area contributed by atoms with Crippen LogP contribution in [-0.4, -0.2) is 0 Å². The van der Waals surface area contributed by atoms with Crippen molar-refractivity contribution in [1.82, 2.24) is 0 Å². The van der Waals surface area contributed by atoms with Crippen LogP contribution in [0, 0.1) is 17.2 Å². The average molecular weight is 187 g/mol. The summed E-state index contributed by atoms with van der Waals surface area (Å²) in [6, 6.07) is 12.6. The van der Waals surface area contributed by atoms with Crippen LogP contribution >= 0.6 is 0 Å². The lowest BCUT2D eigenvalue weighted by Gasteiger charge is -2.16. The van der Waals surface area contributed by atoms with E-state index in [4.69, 9.17) is 5.26 Å². The molecule has 1 atom stereocenters. The Balaban J connectivity index is 2.73. The van der Waals surface area contributed by atoms with Crippen molar-refractivity contribution in [2.24, 2.45) is 5.92 Å². The fourth-order valence-corrected chi connectivity index (χ4v) is 1.74. The maximum atomic E-state index is 8.76. The molecule has 0 saturated carbocycles. The Bertz CT molecular complexity index is 295. The maximum absolute atomic E-state index is 8.76. The molecule has 0 bridgehead atoms. The molecule has 74 valence electrons. The summed E-state index contributed by atoms with van der Waals surface area (Å²) in [6.07, 6.45) is 1.72. The molecule has 0 spiro atoms. The number of hydrogen-bond donors (Lipinski definition) is 0. The lowest BCUT2D eigenvalue weighted by atomic mass is 9.88. The first-order chi connectivity index (χ1) is 6.74. The fraction of sp³-hybridized carbons (Fsp3) is 0.462. The minimum Gasteiger partial charge on any atom is -0.198 e. The highest BCUT2D eigenvalue weighted by molar-refractivity contribution is 5.20. The van der Waals surface area contributed by atoms with E-state index < -0.39 is 0 Å². The zero-order chi connectivity index (χ0) is 10.4. The minimum atomic E-state index is 0.404. The number of hydrogen-bond acceptors (Lipinski definition) is 1. The highest BCUT2D eigenvalue weighted by Crippen LogP contribution is 2.26. The van der Waals surface area contributed by atoms with Gasteiger partial charge in [-0.3, -0.25) is 0 Å². The van der Waals surface area contributed by atoms with E-state index in [1.54, 1.807) is 0 Å². The Kier molecular flexibility index (Phi) is 4.19. The van der Waals surface area contributed by atoms with Gasteiger partial charge in [-0.15, -0.1) is 0 Å². The summed E-state index contributed by atoms with van der Waals surface area (Å²) in [5, 5.41) is 8.76. The molecule has 0 heterocycles. The molecule has 0 aliphatic rings. The summed E-state index contributed by atoms with van der Waals surface area (Å²) in [7, 11) is 0. The molecule has 0 fully saturated rings. The average Bonchev–Trinajstić information content (AvgIpc) is 2.18. The molecule has 0 aromatic heterocycles. The van der Waals surface area contributed by atoms with Gasteiger partial charge in [0.25, 0.3) is 0 Å². The van der Waals surface area contributed by atoms with Crippen molar-refractivity contribution >= 4 is 0 Å². The van der Waals surface area contributed by atoms with E-state index in [0.29, 0.717) is 18.3 Å². The monoisotopic (exact) mass is 187 g/mol. The lowest BCUT2D eigenvalue weighted by molar-refractivity contribution is 0.504. The van der Waals surface area contributed by atoms with Gasteiger partial charge in [0, 0.05) is 6.42 Å². The first-order valence-electron chi connectivity index (χ1n) is 5.16. The Morgan fingerprint density at radius 1 is 1.21 bits per heavy atom. The standard InChI is InChI=1S/C13H17N/c1-11(2)10-13(8-9-14)12-6-4-3-5-7-12/h3-7,11,13H,8,10H2,1-2H3. The molecule has 1 unspecified atom stereocenters. The van der Waals surface area contributed by atoms with Gasteiger partial charge in [0.1, 0.15) is 0 Å². The zero-order valence-corrected chi connectivity index (χ0v) is 8.90. The van der Waals surface area contributed by atoms with Crippen LogP contribution in [0.1, 0.15) is 38.2 Å². The summed E-state index contributed by atoms with van der Waals surface area (Å²) in [4.78, 5) is 0. The molecule has 1 rings (SSSR count). The van der Waals surface area contributed by atoms with Gasteiger partial charge in [0.2, 0.25) is 0 Å². The fourth-order valence-electron chi connectivity index (χ4n) is 1.74. The summed E-state index contributed by atoms with van der Waals surface area (Å²) >= 11 is 0. The quantitative estimate of drug-likeness (QED) is 0.704. The molecule has 0 N–H and O–H groups in total. The van der Waals surface area contributed by atoms with E-state index in [1.165, 1.54) is 5.56 Å². The van der Waals surface area contributed by atoms with Crippen molar-refractivity contribution in [2.75, 3.05) is 0 Å². The van der Waals surface area contributed by atoms with Crippen LogP contribution in [0.25, 0.3) is 0 Å². The molecular weight excluding hydrogens is 170 g/mol. The van der Waals surface area contributed by atoms with Gasteiger partial charge in [0.05, 0.1) is 6.07 Å². The van der Waals surface area contributed by atoms with Gasteiger partial charge in [-0.1, -0.05) is 44.2 Å². The van der Waals surface area contributed by atoms with Crippen LogP contribution in [0.3, 0.4) is 0 Å². The molecule has 0 amide bonds. The summed E-state index contributed by atoms with van der Waals surface area (Å²) in [6.45, 7) is 4.40. The van der Waals surface area contributed by atoms with E-state index >= 15 is 0 Å². The van der Waals surface area contributed by atoms with Gasteiger partial charge in [0.15, 0.2) is 0 Å². The smallest absolute Gasteiger partial charge is 0.0628 e. The number of nitrogens with zero attached hydrogens (tertiary/aromatic N) is 1. The first kappa shape index (κ1) is 10.8. The van der Waals surface area contributed by atoms with Crippen LogP contribution in [0.15, 0.2) is 30.3 Å². The highest BCUT2D eigenvalue weighted by atomic mass is 14.3. The summed E-state index contributed by atoms with van der Waals surface area (Å²) < 4.78 is 0. The van der Waals surface area contributed by atoms with Crippen LogP contribution < -0.4 is 0 Å². The third kappa shape index (κ3) is 3.22. The van der Waals surface area contributed by atoms with Crippen molar-refractivity contribution < 1.29 is 0 Å². The van der Waals surface area contributed by atoms with Gasteiger partial charge in [-0.2, -0.15) is 5.26 Å². The SMILES string of the molecule is CC(C)CC(CC#N)c1ccccc1. The summed E-state index contributed by atoms with van der Waals surface area (Å²) in [5.41, 5.74) is 1.29. The van der Waals surface area contributed by atoms with Gasteiger partial charge < -0.3 is 0 Å². The number of nitriles is 1. The lowest BCUT2D eigenvalue weighted by Crippen LogP contribution is -2.02. The molecule has 14 heavy (non-hydrogen) atoms. The summed E-state index contributed by atoms with van der Waals surface area (Å²) in [5.74, 6) is 1.05. The maximum Gasteiger partial charge on any atom is 0.0628 e. The van der Waals surface area contributed by atoms with Crippen molar-refractivity contribution in [3.8, 4) is 6.07 Å². The van der Waals surface area contributed by atoms with Gasteiger partial charge in [-0.25, -0.2) is 0 Å². The van der Waals surface area contributed by atoms with E-state index in [-0.39, 0.29) is 0 Å². The number of benzene rings is 1. The minimum absolute atomic E-state index is 0.404. The molecule has 0 aliphatic carbocycles. The van der Waals surface area contributed by atoms with E-state index in [9.17, 15) is 0 Å². The molecule has 1 aromatic carbocycles. The second kappa shape index (κ2) is 5.44. The third-order valence-electron chi connectivity index (χ3n) is 2.36. The third-order valence-corrected chi connectivity index (χ3v) is 2.36. The Morgan fingerprint density at radius 2 is 1.86 bits per heavy atom. The van der Waals surface area contributed by atoms with E-state index in [1.807, 2.05) is 18.2 Å². The van der Waals surface area contributed by atoms with Crippen molar-refractivity contribution in [2.45, 2.75) is 32.6 Å². The Labute approximate surface area is 86.4 Å². The van der Waals surface area contributed by atoms with Gasteiger partial charge in [-0.05, 0) is 23.8 Å². The molecular formula is C13H17N. The zero-order valence-electron chi connectivity index (χ0n) is 8.90. The van der Waals surface area contributed by atoms with Crippen LogP contribution in [0.4, 0.5) is 0 Å². The highest BCUT2D eigenvalue weighted by Gasteiger charge is 2.12. The molecule has 0 radical (unpaired) electrons. The predicted molar refractivity (Wildman–Crippen MR) is 58.9 cm³/mol. The molecule has 1 heteroatoms. The largest absolute Gasteiger partial charge is 0.198 e. The van der Waals surface area contributed by atoms with Crippen LogP contribution in [0.5, 0.6) is 0 Å². The van der Waals surface area contributed by atoms with Crippen molar-refractivity contribution in [3.05, 3.63) is 35.9 Å². The van der Waals surface area contributed by atoms with E-state index in [2.05, 4.69) is 32.0 Å². The van der Waals surface area contributed by atoms with Crippen LogP contribution in [0.2, 0.25) is 0 Å². The Hall–Kier alpha value is -1.29. The van der Waals surface area contributed by atoms with Gasteiger partial charge >= 0.3 is 0 Å². The van der Waals surface area contributed by atoms with Crippen molar-refractivity contribution in [3.63, 3.8) is 0 Å². The predicted octanol–water partition coefficient (Wildman–Crippen LogP) is 3.73. The number of rotatable bonds is 4. The Morgan fingerprint density at radius 3 is 2.36 bits per heavy atom. The molecule has 1 aromatic rings. The molecule has 0 aliphatic heterocycles. The second-order valence-electron chi connectivity index (χ2n) is 4.10. The molecule has 1 nitrogen and oxygen atoms in total. The topological polar surface area (TPSA) is 23.8 Å². The van der Waals surface area contributed by atoms with Crippen molar-refractivity contribution in [1.29, 1.82) is 5.26 Å². The normalized spacial score (nSPS) is 12.4. The van der Waals surface area contributed by atoms with Crippen LogP contribution in [-0.2, 0) is 0 Å². The molecule has 0 saturated heterocycles. The first-order valence-corrected chi connectivity index (χ1v) is 5.16. The second-order valence-corrected chi connectivity index (χ2v) is 4.10. The van der Waals surface area contributed by atoms with E-state index in [0.717, 1.165) is 6.42 Å².